The summed E-state index contributed by atoms with van der Waals surface area (Å²) in [6.45, 7) is 10.9. The van der Waals surface area contributed by atoms with Gasteiger partial charge < -0.3 is 20.4 Å². The lowest BCUT2D eigenvalue weighted by atomic mass is 9.33. The third-order valence-corrected chi connectivity index (χ3v) is 16.0. The molecule has 5 aliphatic carbocycles. The fraction of sp³-hybridized carbons (Fsp3) is 0.707. The smallest absolute Gasteiger partial charge is 0.335 e. The summed E-state index contributed by atoms with van der Waals surface area (Å²) in [5, 5.41) is 22.1. The molecule has 0 aromatic heterocycles. The molecule has 1 saturated heterocycles. The first-order valence-corrected chi connectivity index (χ1v) is 19.1. The Morgan fingerprint density at radius 3 is 2.31 bits per heavy atom. The highest BCUT2D eigenvalue weighted by Gasteiger charge is 2.69. The summed E-state index contributed by atoms with van der Waals surface area (Å²) in [5.74, 6) is 0.607. The Labute approximate surface area is 291 Å². The van der Waals surface area contributed by atoms with Gasteiger partial charge in [0.1, 0.15) is 6.04 Å². The normalized spacial score (nSPS) is 41.1. The van der Waals surface area contributed by atoms with Crippen molar-refractivity contribution >= 4 is 29.3 Å². The maximum Gasteiger partial charge on any atom is 0.335 e. The van der Waals surface area contributed by atoms with Crippen molar-refractivity contribution in [3.8, 4) is 0 Å². The summed E-state index contributed by atoms with van der Waals surface area (Å²) < 4.78 is 0. The van der Waals surface area contributed by atoms with Crippen LogP contribution in [0.1, 0.15) is 127 Å². The molecule has 0 bridgehead atoms. The second kappa shape index (κ2) is 12.3. The monoisotopic (exact) mass is 672 g/mol. The Kier molecular flexibility index (Phi) is 8.58. The number of carboxylic acid groups (broad SMARTS) is 2. The molecule has 0 radical (unpaired) electrons. The quantitative estimate of drug-likeness (QED) is 0.277. The van der Waals surface area contributed by atoms with E-state index in [0.29, 0.717) is 54.5 Å². The summed E-state index contributed by atoms with van der Waals surface area (Å²) in [6, 6.07) is 6.70. The molecule has 1 heterocycles. The van der Waals surface area contributed by atoms with Gasteiger partial charge in [-0.2, -0.15) is 0 Å². The molecule has 8 heteroatoms. The number of carbonyl (C=O) groups is 4. The van der Waals surface area contributed by atoms with Gasteiger partial charge in [0.05, 0.1) is 11.0 Å². The largest absolute Gasteiger partial charge is 0.480 e. The fourth-order valence-corrected chi connectivity index (χ4v) is 13.3. The van der Waals surface area contributed by atoms with Gasteiger partial charge >= 0.3 is 11.9 Å². The van der Waals surface area contributed by atoms with Crippen LogP contribution in [0.15, 0.2) is 30.3 Å². The Morgan fingerprint density at radius 2 is 1.59 bits per heavy atom. The highest BCUT2D eigenvalue weighted by atomic mass is 16.4. The number of amides is 2. The van der Waals surface area contributed by atoms with Crippen molar-refractivity contribution in [1.29, 1.82) is 0 Å². The first-order valence-electron chi connectivity index (χ1n) is 19.1. The molecule has 10 atom stereocenters. The van der Waals surface area contributed by atoms with Crippen LogP contribution in [-0.4, -0.2) is 58.0 Å². The van der Waals surface area contributed by atoms with E-state index in [4.69, 9.17) is 0 Å². The Bertz CT molecular complexity index is 1550. The van der Waals surface area contributed by atoms with Gasteiger partial charge in [0, 0.05) is 19.5 Å². The van der Waals surface area contributed by atoms with Crippen LogP contribution in [0.4, 0.5) is 0 Å². The van der Waals surface area contributed by atoms with Gasteiger partial charge in [0.2, 0.25) is 11.8 Å². The molecular formula is C41H56N2O6. The molecule has 1 aromatic carbocycles. The number of hydrogen-bond acceptors (Lipinski definition) is 4. The van der Waals surface area contributed by atoms with Crippen molar-refractivity contribution < 1.29 is 29.4 Å². The zero-order valence-electron chi connectivity index (χ0n) is 29.9. The molecule has 49 heavy (non-hydrogen) atoms. The molecule has 266 valence electrons. The van der Waals surface area contributed by atoms with E-state index >= 15 is 0 Å². The lowest BCUT2D eigenvalue weighted by Gasteiger charge is -2.71. The maximum atomic E-state index is 14.1. The van der Waals surface area contributed by atoms with Crippen molar-refractivity contribution in [2.75, 3.05) is 13.1 Å². The third kappa shape index (κ3) is 5.12. The molecule has 1 aromatic rings. The van der Waals surface area contributed by atoms with Crippen LogP contribution in [0, 0.1) is 51.2 Å². The number of fused-ring (bicyclic) bond motifs is 7. The first-order chi connectivity index (χ1) is 23.3. The molecule has 8 nitrogen and oxygen atoms in total. The lowest BCUT2D eigenvalue weighted by Crippen LogP contribution is -2.65. The zero-order chi connectivity index (χ0) is 34.9. The number of hydrogen-bond donors (Lipinski definition) is 3. The minimum Gasteiger partial charge on any atom is -0.480 e. The van der Waals surface area contributed by atoms with E-state index in [1.807, 2.05) is 12.1 Å². The number of carboxylic acids is 2. The SMILES string of the molecule is CC1C(c2ccc(C(=O)O)cc2)=CCC2(C)C1CCC1(C)C2CCC2C3CCCC3(C(=O)NCCC(=O)N3CCCC3C(=O)O)CC[C@]21C. The summed E-state index contributed by atoms with van der Waals surface area (Å²) in [6.07, 6.45) is 14.8. The van der Waals surface area contributed by atoms with Gasteiger partial charge in [-0.25, -0.2) is 9.59 Å². The van der Waals surface area contributed by atoms with Crippen LogP contribution in [-0.2, 0) is 14.4 Å². The molecule has 5 fully saturated rings. The standard InChI is InChI=1S/C41H56N2O6/c1-25-28(26-9-11-27(12-10-26)35(45)46)15-19-38(2)29(25)16-20-40(4)33(38)14-13-30-31-7-5-18-41(31,22-21-39(30,40)3)37(49)42-23-17-34(44)43-24-6-8-32(43)36(47)48/h9-12,15,25,29-33H,5-8,13-14,16-24H2,1-4H3,(H,42,49)(H,45,46)(H,47,48)/t25?,29?,30?,31?,32?,33?,38?,39-,40?,41?/m1/s1. The number of nitrogens with zero attached hydrogens (tertiary/aromatic N) is 1. The maximum absolute atomic E-state index is 14.1. The van der Waals surface area contributed by atoms with Crippen molar-refractivity contribution in [2.45, 2.75) is 117 Å². The first kappa shape index (κ1) is 34.3. The number of aliphatic carboxylic acids is 1. The predicted octanol–water partition coefficient (Wildman–Crippen LogP) is 7.43. The van der Waals surface area contributed by atoms with E-state index < -0.39 is 18.0 Å². The number of aromatic carboxylic acids is 1. The van der Waals surface area contributed by atoms with E-state index in [2.05, 4.69) is 39.1 Å². The average molecular weight is 673 g/mol. The van der Waals surface area contributed by atoms with Gasteiger partial charge in [0.25, 0.3) is 0 Å². The van der Waals surface area contributed by atoms with Crippen molar-refractivity contribution in [1.82, 2.24) is 10.2 Å². The van der Waals surface area contributed by atoms with E-state index in [1.165, 1.54) is 36.2 Å². The summed E-state index contributed by atoms with van der Waals surface area (Å²) in [4.78, 5) is 51.6. The van der Waals surface area contributed by atoms with Gasteiger partial charge in [0.15, 0.2) is 0 Å². The third-order valence-electron chi connectivity index (χ3n) is 16.0. The fourth-order valence-electron chi connectivity index (χ4n) is 13.3. The number of rotatable bonds is 7. The highest BCUT2D eigenvalue weighted by Crippen LogP contribution is 2.76. The van der Waals surface area contributed by atoms with Crippen molar-refractivity contribution in [3.63, 3.8) is 0 Å². The van der Waals surface area contributed by atoms with Gasteiger partial charge in [-0.05, 0) is 140 Å². The Morgan fingerprint density at radius 1 is 0.837 bits per heavy atom. The minimum absolute atomic E-state index is 0.124. The topological polar surface area (TPSA) is 124 Å². The van der Waals surface area contributed by atoms with Crippen molar-refractivity contribution in [2.24, 2.45) is 51.2 Å². The number of benzene rings is 1. The van der Waals surface area contributed by atoms with Crippen LogP contribution >= 0.6 is 0 Å². The van der Waals surface area contributed by atoms with E-state index in [1.54, 1.807) is 12.1 Å². The molecule has 6 aliphatic rings. The van der Waals surface area contributed by atoms with Gasteiger partial charge in [-0.3, -0.25) is 9.59 Å². The summed E-state index contributed by atoms with van der Waals surface area (Å²) in [7, 11) is 0. The minimum atomic E-state index is -0.942. The predicted molar refractivity (Wildman–Crippen MR) is 187 cm³/mol. The van der Waals surface area contributed by atoms with Crippen LogP contribution in [0.5, 0.6) is 0 Å². The van der Waals surface area contributed by atoms with E-state index in [0.717, 1.165) is 44.1 Å². The summed E-state index contributed by atoms with van der Waals surface area (Å²) >= 11 is 0. The van der Waals surface area contributed by atoms with Crippen LogP contribution in [0.3, 0.4) is 0 Å². The molecule has 4 saturated carbocycles. The average Bonchev–Trinajstić information content (AvgIpc) is 3.74. The molecule has 7 rings (SSSR count). The molecular weight excluding hydrogens is 616 g/mol. The van der Waals surface area contributed by atoms with Gasteiger partial charge in [-0.15, -0.1) is 0 Å². The number of likely N-dealkylation sites (tertiary alicyclic amines) is 1. The van der Waals surface area contributed by atoms with E-state index in [9.17, 15) is 29.4 Å². The number of allylic oxidation sites excluding steroid dienone is 2. The molecule has 3 N–H and O–H groups in total. The molecule has 0 spiro atoms. The Hall–Kier alpha value is -3.16. The number of nitrogens with one attached hydrogen (secondary N) is 1. The zero-order valence-corrected chi connectivity index (χ0v) is 29.9. The second-order valence-corrected chi connectivity index (χ2v) is 17.5. The second-order valence-electron chi connectivity index (χ2n) is 17.5. The number of carbonyl (C=O) groups excluding carboxylic acids is 2. The Balaban J connectivity index is 1.06. The lowest BCUT2D eigenvalue weighted by molar-refractivity contribution is -0.217. The highest BCUT2D eigenvalue weighted by molar-refractivity contribution is 5.88. The molecule has 9 unspecified atom stereocenters. The van der Waals surface area contributed by atoms with Crippen LogP contribution in [0.2, 0.25) is 0 Å². The van der Waals surface area contributed by atoms with Crippen LogP contribution in [0.25, 0.3) is 5.57 Å². The molecule has 1 aliphatic heterocycles. The summed E-state index contributed by atoms with van der Waals surface area (Å²) in [5.41, 5.74) is 3.05. The van der Waals surface area contributed by atoms with Crippen LogP contribution < -0.4 is 5.32 Å². The molecule has 2 amide bonds. The van der Waals surface area contributed by atoms with Gasteiger partial charge in [-0.1, -0.05) is 52.3 Å². The van der Waals surface area contributed by atoms with E-state index in [-0.39, 0.29) is 46.4 Å². The van der Waals surface area contributed by atoms with Crippen molar-refractivity contribution in [3.05, 3.63) is 41.5 Å².